The van der Waals surface area contributed by atoms with Crippen molar-refractivity contribution in [3.63, 3.8) is 0 Å². The molecule has 0 bridgehead atoms. The van der Waals surface area contributed by atoms with Crippen LogP contribution in [0.25, 0.3) is 83.6 Å². The van der Waals surface area contributed by atoms with E-state index in [1.165, 1.54) is 4.57 Å². The van der Waals surface area contributed by atoms with Crippen molar-refractivity contribution in [2.24, 2.45) is 0 Å². The molecule has 206 valence electrons. The lowest BCUT2D eigenvalue weighted by molar-refractivity contribution is 0.669. The zero-order valence-electron chi connectivity index (χ0n) is 31.9. The fourth-order valence-electron chi connectivity index (χ4n) is 5.74. The predicted molar refractivity (Wildman–Crippen MR) is 178 cm³/mol. The van der Waals surface area contributed by atoms with Gasteiger partial charge < -0.3 is 4.42 Å². The Morgan fingerprint density at radius 1 is 0.523 bits per heavy atom. The van der Waals surface area contributed by atoms with Crippen LogP contribution in [0.2, 0.25) is 0 Å². The fourth-order valence-corrected chi connectivity index (χ4v) is 5.74. The fraction of sp³-hybridized carbons (Fsp3) is 0. The molecular weight excluding hydrogens is 540 g/mol. The molecule has 3 heterocycles. The van der Waals surface area contributed by atoms with E-state index in [2.05, 4.69) is 0 Å². The number of hydrogen-bond donors (Lipinski definition) is 0. The average molecular weight is 574 g/mol. The molecule has 5 nitrogen and oxygen atoms in total. The summed E-state index contributed by atoms with van der Waals surface area (Å²) in [5.74, 6) is 0.647. The number of fused-ring (bicyclic) bond motifs is 6. The van der Waals surface area contributed by atoms with Crippen molar-refractivity contribution < 1.29 is 16.8 Å². The molecule has 3 aromatic heterocycles. The van der Waals surface area contributed by atoms with Crippen LogP contribution in [0.1, 0.15) is 12.3 Å². The minimum atomic E-state index is -0.548. The standard InChI is InChI=1S/C39H24N4O/c1-3-12-25(13-4-1)28-18-11-20-33-36(28)30-17-7-9-19-32(30)43(33)39-41-37(26-14-5-2-6-15-26)40-38(42-39)27-22-23-35-31(24-27)29-16-8-10-21-34(29)44-35/h1-24H/i1D,3D,4D,7D,9D,12D,13D,17D,19D. The van der Waals surface area contributed by atoms with Gasteiger partial charge in [0.1, 0.15) is 11.2 Å². The lowest BCUT2D eigenvalue weighted by Crippen LogP contribution is -2.06. The third-order valence-electron chi connectivity index (χ3n) is 7.68. The highest BCUT2D eigenvalue weighted by atomic mass is 16.3. The molecule has 0 N–H and O–H groups in total. The highest BCUT2D eigenvalue weighted by Gasteiger charge is 2.20. The Morgan fingerprint density at radius 3 is 2.16 bits per heavy atom. The summed E-state index contributed by atoms with van der Waals surface area (Å²) in [5.41, 5.74) is 3.23. The van der Waals surface area contributed by atoms with E-state index >= 15 is 0 Å². The van der Waals surface area contributed by atoms with Crippen molar-refractivity contribution in [2.75, 3.05) is 0 Å². The van der Waals surface area contributed by atoms with Gasteiger partial charge in [0.2, 0.25) is 5.95 Å². The van der Waals surface area contributed by atoms with Crippen LogP contribution in [0.5, 0.6) is 0 Å². The first-order valence-corrected chi connectivity index (χ1v) is 13.9. The minimum absolute atomic E-state index is 0.0502. The second-order valence-corrected chi connectivity index (χ2v) is 10.2. The second-order valence-electron chi connectivity index (χ2n) is 10.2. The maximum absolute atomic E-state index is 9.14. The summed E-state index contributed by atoms with van der Waals surface area (Å²) in [6, 6.07) is 23.3. The van der Waals surface area contributed by atoms with Crippen LogP contribution in [0.15, 0.2) is 150 Å². The number of para-hydroxylation sites is 2. The van der Waals surface area contributed by atoms with Gasteiger partial charge in [-0.25, -0.2) is 4.98 Å². The topological polar surface area (TPSA) is 56.7 Å². The Labute approximate surface area is 265 Å². The Balaban J connectivity index is 1.41. The van der Waals surface area contributed by atoms with Crippen LogP contribution >= 0.6 is 0 Å². The SMILES string of the molecule is [2H]c1c([2H])c([2H])c(-c2cccc3c2c2c([2H])c([2H])c([2H])c([2H])c2n3-c2nc(-c3ccccc3)nc(-c3ccc4oc5ccccc5c4c3)n2)c([2H])c1[2H]. The summed E-state index contributed by atoms with van der Waals surface area (Å²) in [4.78, 5) is 14.7. The van der Waals surface area contributed by atoms with Gasteiger partial charge in [0.05, 0.1) is 23.4 Å². The van der Waals surface area contributed by atoms with Crippen molar-refractivity contribution in [1.29, 1.82) is 0 Å². The van der Waals surface area contributed by atoms with Crippen LogP contribution in [0, 0.1) is 0 Å². The molecule has 0 spiro atoms. The highest BCUT2D eigenvalue weighted by molar-refractivity contribution is 6.15. The Kier molecular flexibility index (Phi) is 3.80. The maximum Gasteiger partial charge on any atom is 0.238 e. The van der Waals surface area contributed by atoms with Gasteiger partial charge in [-0.1, -0.05) is 109 Å². The van der Waals surface area contributed by atoms with Crippen LogP contribution in [-0.4, -0.2) is 19.5 Å². The lowest BCUT2D eigenvalue weighted by Gasteiger charge is -2.11. The van der Waals surface area contributed by atoms with Crippen LogP contribution < -0.4 is 0 Å². The van der Waals surface area contributed by atoms with Gasteiger partial charge in [-0.2, -0.15) is 9.97 Å². The van der Waals surface area contributed by atoms with E-state index in [0.29, 0.717) is 33.9 Å². The summed E-state index contributed by atoms with van der Waals surface area (Å²) in [6.07, 6.45) is 0. The zero-order valence-corrected chi connectivity index (χ0v) is 22.9. The average Bonchev–Trinajstić information content (AvgIpc) is 3.74. The highest BCUT2D eigenvalue weighted by Crippen LogP contribution is 2.38. The minimum Gasteiger partial charge on any atom is -0.456 e. The monoisotopic (exact) mass is 573 g/mol. The molecule has 5 heteroatoms. The number of furan rings is 1. The van der Waals surface area contributed by atoms with E-state index in [1.807, 2.05) is 72.8 Å². The lowest BCUT2D eigenvalue weighted by atomic mass is 9.99. The van der Waals surface area contributed by atoms with E-state index < -0.39 is 42.3 Å². The summed E-state index contributed by atoms with van der Waals surface area (Å²) in [7, 11) is 0. The van der Waals surface area contributed by atoms with Gasteiger partial charge in [0, 0.05) is 32.7 Å². The van der Waals surface area contributed by atoms with Gasteiger partial charge in [0.15, 0.2) is 11.6 Å². The molecule has 6 aromatic carbocycles. The summed E-state index contributed by atoms with van der Waals surface area (Å²) >= 11 is 0. The molecule has 0 fully saturated rings. The van der Waals surface area contributed by atoms with Crippen molar-refractivity contribution in [3.8, 4) is 39.9 Å². The summed E-state index contributed by atoms with van der Waals surface area (Å²) in [6.45, 7) is 0. The number of nitrogens with zero attached hydrogens (tertiary/aromatic N) is 4. The van der Waals surface area contributed by atoms with E-state index in [9.17, 15) is 0 Å². The van der Waals surface area contributed by atoms with E-state index in [1.54, 1.807) is 18.2 Å². The van der Waals surface area contributed by atoms with Crippen molar-refractivity contribution in [1.82, 2.24) is 19.5 Å². The third-order valence-corrected chi connectivity index (χ3v) is 7.68. The number of aromatic nitrogens is 4. The van der Waals surface area contributed by atoms with Gasteiger partial charge in [-0.3, -0.25) is 4.57 Å². The molecule has 9 rings (SSSR count). The first-order chi connectivity index (χ1) is 25.5. The van der Waals surface area contributed by atoms with Crippen molar-refractivity contribution in [2.45, 2.75) is 0 Å². The molecule has 0 unspecified atom stereocenters. The molecule has 0 atom stereocenters. The normalized spacial score (nSPS) is 14.5. The molecule has 0 aliphatic heterocycles. The molecule has 0 amide bonds. The molecule has 9 aromatic rings. The summed E-state index contributed by atoms with van der Waals surface area (Å²) < 4.78 is 85.5. The smallest absolute Gasteiger partial charge is 0.238 e. The molecule has 0 saturated carbocycles. The van der Waals surface area contributed by atoms with Crippen LogP contribution in [-0.2, 0) is 0 Å². The number of hydrogen-bond acceptors (Lipinski definition) is 4. The molecule has 44 heavy (non-hydrogen) atoms. The Morgan fingerprint density at radius 2 is 1.27 bits per heavy atom. The molecule has 0 radical (unpaired) electrons. The summed E-state index contributed by atoms with van der Waals surface area (Å²) in [5, 5.41) is 2.11. The largest absolute Gasteiger partial charge is 0.456 e. The van der Waals surface area contributed by atoms with E-state index in [0.717, 1.165) is 16.4 Å². The second kappa shape index (κ2) is 9.75. The molecular formula is C39H24N4O. The Hall–Kier alpha value is -6.07. The maximum atomic E-state index is 9.14. The molecule has 0 saturated heterocycles. The van der Waals surface area contributed by atoms with Crippen molar-refractivity contribution >= 4 is 43.7 Å². The quantitative estimate of drug-likeness (QED) is 0.210. The first-order valence-electron chi connectivity index (χ1n) is 18.4. The molecule has 0 aliphatic carbocycles. The van der Waals surface area contributed by atoms with E-state index in [-0.39, 0.29) is 45.4 Å². The van der Waals surface area contributed by atoms with Crippen LogP contribution in [0.4, 0.5) is 0 Å². The number of rotatable bonds is 4. The van der Waals surface area contributed by atoms with E-state index in [4.69, 9.17) is 31.7 Å². The first kappa shape index (κ1) is 17.1. The predicted octanol–water partition coefficient (Wildman–Crippen LogP) is 9.87. The van der Waals surface area contributed by atoms with Gasteiger partial charge in [0.25, 0.3) is 0 Å². The van der Waals surface area contributed by atoms with Gasteiger partial charge in [-0.15, -0.1) is 0 Å². The van der Waals surface area contributed by atoms with Gasteiger partial charge in [-0.05, 0) is 47.5 Å². The Bertz CT molecular complexity index is 2990. The zero-order chi connectivity index (χ0) is 36.9. The van der Waals surface area contributed by atoms with Gasteiger partial charge >= 0.3 is 0 Å². The number of benzene rings is 6. The third kappa shape index (κ3) is 3.83. The van der Waals surface area contributed by atoms with Crippen molar-refractivity contribution in [3.05, 3.63) is 145 Å². The molecule has 0 aliphatic rings. The van der Waals surface area contributed by atoms with Crippen LogP contribution in [0.3, 0.4) is 0 Å².